The van der Waals surface area contributed by atoms with Crippen LogP contribution in [0.25, 0.3) is 0 Å². The van der Waals surface area contributed by atoms with Crippen molar-refractivity contribution >= 4 is 35.1 Å². The van der Waals surface area contributed by atoms with E-state index < -0.39 is 24.4 Å². The molecule has 0 atom stereocenters. The van der Waals surface area contributed by atoms with Crippen LogP contribution in [0.15, 0.2) is 65.3 Å². The van der Waals surface area contributed by atoms with Crippen molar-refractivity contribution in [1.29, 1.82) is 0 Å². The van der Waals surface area contributed by atoms with Crippen LogP contribution in [0.5, 0.6) is 0 Å². The van der Waals surface area contributed by atoms with Crippen molar-refractivity contribution in [1.82, 2.24) is 5.32 Å². The van der Waals surface area contributed by atoms with Crippen molar-refractivity contribution in [3.05, 3.63) is 83.3 Å². The third-order valence-electron chi connectivity index (χ3n) is 5.12. The monoisotopic (exact) mass is 461 g/mol. The molecule has 0 radical (unpaired) electrons. The molecule has 0 unspecified atom stereocenters. The molecule has 9 nitrogen and oxygen atoms in total. The molecule has 1 heterocycles. The van der Waals surface area contributed by atoms with Crippen molar-refractivity contribution in [3.8, 4) is 0 Å². The third kappa shape index (κ3) is 5.89. The van der Waals surface area contributed by atoms with Crippen LogP contribution >= 0.6 is 0 Å². The number of ether oxygens (including phenoxy) is 1. The second kappa shape index (κ2) is 10.0. The van der Waals surface area contributed by atoms with Crippen molar-refractivity contribution in [2.45, 2.75) is 25.8 Å². The lowest BCUT2D eigenvalue weighted by atomic mass is 10.1. The molecule has 174 valence electrons. The summed E-state index contributed by atoms with van der Waals surface area (Å²) in [4.78, 5) is 49.1. The number of esters is 1. The topological polar surface area (TPSA) is 127 Å². The molecule has 3 amide bonds. The minimum absolute atomic E-state index is 0.137. The third-order valence-corrected chi connectivity index (χ3v) is 5.12. The van der Waals surface area contributed by atoms with E-state index >= 15 is 0 Å². The van der Waals surface area contributed by atoms with E-state index in [9.17, 15) is 19.2 Å². The van der Waals surface area contributed by atoms with Gasteiger partial charge in [0.15, 0.2) is 12.4 Å². The van der Waals surface area contributed by atoms with Gasteiger partial charge in [-0.3, -0.25) is 14.4 Å². The largest absolute Gasteiger partial charge is 0.459 e. The molecular formula is C25H23N3O6. The Balaban J connectivity index is 1.32. The van der Waals surface area contributed by atoms with Gasteiger partial charge in [-0.15, -0.1) is 0 Å². The van der Waals surface area contributed by atoms with Crippen LogP contribution in [-0.2, 0) is 9.53 Å². The number of rotatable bonds is 8. The van der Waals surface area contributed by atoms with E-state index in [2.05, 4.69) is 16.0 Å². The highest BCUT2D eigenvalue weighted by molar-refractivity contribution is 6.03. The Morgan fingerprint density at radius 2 is 1.76 bits per heavy atom. The van der Waals surface area contributed by atoms with Gasteiger partial charge >= 0.3 is 5.97 Å². The van der Waals surface area contributed by atoms with E-state index in [0.717, 1.165) is 18.4 Å². The predicted octanol–water partition coefficient (Wildman–Crippen LogP) is 3.53. The number of nitrogens with one attached hydrogen (secondary N) is 3. The summed E-state index contributed by atoms with van der Waals surface area (Å²) in [7, 11) is 0. The lowest BCUT2D eigenvalue weighted by Crippen LogP contribution is -2.25. The molecule has 4 rings (SSSR count). The summed E-state index contributed by atoms with van der Waals surface area (Å²) in [5.74, 6) is -1.78. The van der Waals surface area contributed by atoms with E-state index in [1.54, 1.807) is 49.4 Å². The van der Waals surface area contributed by atoms with Crippen LogP contribution in [-0.4, -0.2) is 36.3 Å². The molecule has 0 aliphatic heterocycles. The first-order valence-electron chi connectivity index (χ1n) is 10.7. The molecule has 0 saturated heterocycles. The summed E-state index contributed by atoms with van der Waals surface area (Å²) in [6, 6.07) is 14.5. The number of aryl methyl sites for hydroxylation is 1. The average molecular weight is 461 g/mol. The first-order valence-corrected chi connectivity index (χ1v) is 10.7. The van der Waals surface area contributed by atoms with Crippen LogP contribution in [0.3, 0.4) is 0 Å². The van der Waals surface area contributed by atoms with Gasteiger partial charge in [-0.25, -0.2) is 4.79 Å². The lowest BCUT2D eigenvalue weighted by molar-refractivity contribution is -0.119. The Kier molecular flexibility index (Phi) is 6.72. The Morgan fingerprint density at radius 3 is 2.50 bits per heavy atom. The Hall–Kier alpha value is -4.40. The Labute approximate surface area is 195 Å². The molecule has 1 aliphatic carbocycles. The lowest BCUT2D eigenvalue weighted by Gasteiger charge is -2.11. The van der Waals surface area contributed by atoms with Crippen LogP contribution in [0.2, 0.25) is 0 Å². The summed E-state index contributed by atoms with van der Waals surface area (Å²) in [6.45, 7) is 1.26. The fraction of sp³-hybridized carbons (Fsp3) is 0.200. The van der Waals surface area contributed by atoms with Crippen molar-refractivity contribution in [3.63, 3.8) is 0 Å². The highest BCUT2D eigenvalue weighted by Crippen LogP contribution is 2.21. The second-order valence-electron chi connectivity index (χ2n) is 7.91. The molecule has 0 bridgehead atoms. The van der Waals surface area contributed by atoms with Gasteiger partial charge in [-0.05, 0) is 67.8 Å². The maximum atomic E-state index is 12.4. The molecule has 3 aromatic rings. The van der Waals surface area contributed by atoms with Gasteiger partial charge in [0, 0.05) is 23.0 Å². The normalized spacial score (nSPS) is 12.5. The molecule has 1 aliphatic rings. The maximum absolute atomic E-state index is 12.4. The van der Waals surface area contributed by atoms with Gasteiger partial charge < -0.3 is 25.1 Å². The molecule has 0 spiro atoms. The summed E-state index contributed by atoms with van der Waals surface area (Å²) >= 11 is 0. The summed E-state index contributed by atoms with van der Waals surface area (Å²) in [6.07, 6.45) is 3.35. The second-order valence-corrected chi connectivity index (χ2v) is 7.91. The SMILES string of the molecule is Cc1ccc(C(=O)OCC(=O)Nc2cccc(C(=O)NC3CC3)c2)cc1NC(=O)c1ccco1. The number of furan rings is 1. The van der Waals surface area contributed by atoms with Gasteiger partial charge in [-0.1, -0.05) is 12.1 Å². The minimum atomic E-state index is -0.721. The molecule has 1 saturated carbocycles. The smallest absolute Gasteiger partial charge is 0.338 e. The average Bonchev–Trinajstić information content (AvgIpc) is 3.46. The fourth-order valence-corrected chi connectivity index (χ4v) is 3.12. The van der Waals surface area contributed by atoms with Crippen LogP contribution < -0.4 is 16.0 Å². The molecule has 9 heteroatoms. The number of carbonyl (C=O) groups is 4. The Bertz CT molecular complexity index is 1230. The van der Waals surface area contributed by atoms with Crippen LogP contribution in [0.4, 0.5) is 11.4 Å². The van der Waals surface area contributed by atoms with Gasteiger partial charge in [-0.2, -0.15) is 0 Å². The standard InChI is InChI=1S/C25H23N3O6/c1-15-7-8-17(13-20(15)28-24(31)21-6-3-11-33-21)25(32)34-14-22(29)26-19-5-2-4-16(12-19)23(30)27-18-9-10-18/h2-8,11-13,18H,9-10,14H2,1H3,(H,26,29)(H,27,30)(H,28,31). The zero-order chi connectivity index (χ0) is 24.1. The molecule has 3 N–H and O–H groups in total. The molecule has 1 aromatic heterocycles. The first kappa shape index (κ1) is 22.8. The molecule has 1 fully saturated rings. The maximum Gasteiger partial charge on any atom is 0.338 e. The number of amides is 3. The zero-order valence-electron chi connectivity index (χ0n) is 18.4. The van der Waals surface area contributed by atoms with E-state index in [1.165, 1.54) is 18.4 Å². The van der Waals surface area contributed by atoms with Crippen LogP contribution in [0, 0.1) is 6.92 Å². The molecular weight excluding hydrogens is 438 g/mol. The summed E-state index contributed by atoms with van der Waals surface area (Å²) in [5, 5.41) is 8.18. The molecule has 34 heavy (non-hydrogen) atoms. The van der Waals surface area contributed by atoms with Crippen molar-refractivity contribution in [2.24, 2.45) is 0 Å². The minimum Gasteiger partial charge on any atom is -0.459 e. The number of hydrogen-bond donors (Lipinski definition) is 3. The number of benzene rings is 2. The first-order chi connectivity index (χ1) is 16.4. The van der Waals surface area contributed by atoms with Gasteiger partial charge in [0.1, 0.15) is 0 Å². The van der Waals surface area contributed by atoms with Crippen LogP contribution in [0.1, 0.15) is 49.7 Å². The van der Waals surface area contributed by atoms with E-state index in [-0.39, 0.29) is 23.3 Å². The number of carbonyl (C=O) groups excluding carboxylic acids is 4. The molecule has 2 aromatic carbocycles. The Morgan fingerprint density at radius 1 is 0.941 bits per heavy atom. The summed E-state index contributed by atoms with van der Waals surface area (Å²) < 4.78 is 10.2. The van der Waals surface area contributed by atoms with E-state index in [0.29, 0.717) is 16.9 Å². The fourth-order valence-electron chi connectivity index (χ4n) is 3.12. The quantitative estimate of drug-likeness (QED) is 0.441. The summed E-state index contributed by atoms with van der Waals surface area (Å²) in [5.41, 5.74) is 2.18. The van der Waals surface area contributed by atoms with Crippen molar-refractivity contribution < 1.29 is 28.3 Å². The van der Waals surface area contributed by atoms with E-state index in [4.69, 9.17) is 9.15 Å². The zero-order valence-corrected chi connectivity index (χ0v) is 18.4. The van der Waals surface area contributed by atoms with Gasteiger partial charge in [0.2, 0.25) is 0 Å². The number of hydrogen-bond acceptors (Lipinski definition) is 6. The van der Waals surface area contributed by atoms with Gasteiger partial charge in [0.05, 0.1) is 11.8 Å². The number of anilines is 2. The highest BCUT2D eigenvalue weighted by Gasteiger charge is 2.24. The van der Waals surface area contributed by atoms with Crippen molar-refractivity contribution in [2.75, 3.05) is 17.2 Å². The highest BCUT2D eigenvalue weighted by atomic mass is 16.5. The van der Waals surface area contributed by atoms with Gasteiger partial charge in [0.25, 0.3) is 17.7 Å². The van der Waals surface area contributed by atoms with E-state index in [1.807, 2.05) is 0 Å². The predicted molar refractivity (Wildman–Crippen MR) is 124 cm³/mol.